The van der Waals surface area contributed by atoms with Crippen LogP contribution in [-0.4, -0.2) is 34.7 Å². The molecule has 0 aliphatic heterocycles. The Bertz CT molecular complexity index is 443. The van der Waals surface area contributed by atoms with Gasteiger partial charge in [-0.1, -0.05) is 0 Å². The molecule has 0 bridgehead atoms. The number of carbonyl (C=O) groups excluding carboxylic acids is 1. The Labute approximate surface area is 98.6 Å². The molecule has 1 aromatic rings. The highest BCUT2D eigenvalue weighted by atomic mass is 16.5. The van der Waals surface area contributed by atoms with Crippen LogP contribution < -0.4 is 5.32 Å². The second-order valence-corrected chi connectivity index (χ2v) is 3.95. The van der Waals surface area contributed by atoms with E-state index in [2.05, 4.69) is 15.0 Å². The molecule has 0 amide bonds. The lowest BCUT2D eigenvalue weighted by Gasteiger charge is -2.22. The van der Waals surface area contributed by atoms with Gasteiger partial charge in [-0.3, -0.25) is 0 Å². The topological polar surface area (TPSA) is 88.5 Å². The van der Waals surface area contributed by atoms with Crippen LogP contribution >= 0.6 is 0 Å². The molecule has 6 nitrogen and oxygen atoms in total. The Morgan fingerprint density at radius 1 is 1.47 bits per heavy atom. The lowest BCUT2D eigenvalue weighted by atomic mass is 10.1. The number of carboxylic acid groups (broad SMARTS) is 1. The third kappa shape index (κ3) is 2.93. The molecule has 0 fully saturated rings. The maximum absolute atomic E-state index is 11.4. The number of hydrogen-bond donors (Lipinski definition) is 2. The van der Waals surface area contributed by atoms with Gasteiger partial charge in [0, 0.05) is 6.20 Å². The summed E-state index contributed by atoms with van der Waals surface area (Å²) < 4.78 is 4.59. The van der Waals surface area contributed by atoms with Gasteiger partial charge in [0.15, 0.2) is 0 Å². The number of ether oxygens (including phenoxy) is 1. The van der Waals surface area contributed by atoms with Crippen molar-refractivity contribution in [3.63, 3.8) is 0 Å². The van der Waals surface area contributed by atoms with Crippen molar-refractivity contribution in [1.82, 2.24) is 4.98 Å². The second-order valence-electron chi connectivity index (χ2n) is 3.95. The predicted molar refractivity (Wildman–Crippen MR) is 60.9 cm³/mol. The number of aromatic nitrogens is 1. The van der Waals surface area contributed by atoms with Gasteiger partial charge in [-0.05, 0) is 26.0 Å². The van der Waals surface area contributed by atoms with E-state index >= 15 is 0 Å². The molecule has 6 heteroatoms. The maximum atomic E-state index is 11.4. The van der Waals surface area contributed by atoms with Crippen LogP contribution in [0.5, 0.6) is 0 Å². The Kier molecular flexibility index (Phi) is 3.67. The summed E-state index contributed by atoms with van der Waals surface area (Å²) in [5.74, 6) is -1.42. The fourth-order valence-electron chi connectivity index (χ4n) is 1.13. The van der Waals surface area contributed by atoms with Gasteiger partial charge in [-0.15, -0.1) is 0 Å². The highest BCUT2D eigenvalue weighted by Crippen LogP contribution is 2.18. The van der Waals surface area contributed by atoms with E-state index in [0.717, 1.165) is 0 Å². The first kappa shape index (κ1) is 13.0. The number of hydrogen-bond acceptors (Lipinski definition) is 5. The summed E-state index contributed by atoms with van der Waals surface area (Å²) >= 11 is 0. The van der Waals surface area contributed by atoms with Crippen molar-refractivity contribution in [2.24, 2.45) is 0 Å². The summed E-state index contributed by atoms with van der Waals surface area (Å²) in [6.07, 6.45) is 1.46. The SMILES string of the molecule is COC(=O)c1cccnc1NC(C)(C)C(=O)O. The normalized spacial score (nSPS) is 10.8. The summed E-state index contributed by atoms with van der Waals surface area (Å²) in [5, 5.41) is 11.7. The first-order valence-electron chi connectivity index (χ1n) is 4.93. The van der Waals surface area contributed by atoms with E-state index in [-0.39, 0.29) is 11.4 Å². The number of aliphatic carboxylic acids is 1. The standard InChI is InChI=1S/C11H14N2O4/c1-11(2,10(15)16)13-8-7(9(14)17-3)5-4-6-12-8/h4-6H,1-3H3,(H,12,13)(H,15,16). The molecule has 0 aliphatic rings. The largest absolute Gasteiger partial charge is 0.480 e. The molecule has 0 aromatic carbocycles. The number of rotatable bonds is 4. The van der Waals surface area contributed by atoms with E-state index in [0.29, 0.717) is 0 Å². The van der Waals surface area contributed by atoms with Gasteiger partial charge in [-0.2, -0.15) is 0 Å². The van der Waals surface area contributed by atoms with Gasteiger partial charge in [0.25, 0.3) is 0 Å². The quantitative estimate of drug-likeness (QED) is 0.765. The Morgan fingerprint density at radius 2 is 2.12 bits per heavy atom. The van der Waals surface area contributed by atoms with Gasteiger partial charge in [0.1, 0.15) is 16.9 Å². The molecule has 0 saturated carbocycles. The maximum Gasteiger partial charge on any atom is 0.341 e. The van der Waals surface area contributed by atoms with Crippen LogP contribution in [0.1, 0.15) is 24.2 Å². The number of pyridine rings is 1. The first-order chi connectivity index (χ1) is 7.88. The molecule has 17 heavy (non-hydrogen) atoms. The van der Waals surface area contributed by atoms with Crippen LogP contribution in [0.2, 0.25) is 0 Å². The molecule has 0 atom stereocenters. The summed E-state index contributed by atoms with van der Waals surface area (Å²) in [7, 11) is 1.25. The minimum absolute atomic E-state index is 0.187. The number of anilines is 1. The third-order valence-electron chi connectivity index (χ3n) is 2.18. The molecule has 2 N–H and O–H groups in total. The van der Waals surface area contributed by atoms with E-state index in [4.69, 9.17) is 5.11 Å². The zero-order chi connectivity index (χ0) is 13.1. The van der Waals surface area contributed by atoms with E-state index in [9.17, 15) is 9.59 Å². The van der Waals surface area contributed by atoms with Crippen LogP contribution in [0.3, 0.4) is 0 Å². The van der Waals surface area contributed by atoms with Crippen molar-refractivity contribution < 1.29 is 19.4 Å². The van der Waals surface area contributed by atoms with Crippen molar-refractivity contribution >= 4 is 17.8 Å². The van der Waals surface area contributed by atoms with E-state index < -0.39 is 17.5 Å². The molecule has 0 spiro atoms. The van der Waals surface area contributed by atoms with E-state index in [1.807, 2.05) is 0 Å². The van der Waals surface area contributed by atoms with Crippen LogP contribution in [0.4, 0.5) is 5.82 Å². The minimum atomic E-state index is -1.23. The van der Waals surface area contributed by atoms with Crippen molar-refractivity contribution in [2.75, 3.05) is 12.4 Å². The highest BCUT2D eigenvalue weighted by molar-refractivity contribution is 5.95. The number of carboxylic acids is 1. The molecule has 92 valence electrons. The van der Waals surface area contributed by atoms with Gasteiger partial charge in [0.05, 0.1) is 7.11 Å². The molecule has 1 aromatic heterocycles. The summed E-state index contributed by atoms with van der Waals surface area (Å²) in [6, 6.07) is 3.09. The average Bonchev–Trinajstić information content (AvgIpc) is 2.28. The van der Waals surface area contributed by atoms with Crippen molar-refractivity contribution in [1.29, 1.82) is 0 Å². The Hall–Kier alpha value is -2.11. The average molecular weight is 238 g/mol. The molecule has 1 rings (SSSR count). The van der Waals surface area contributed by atoms with Gasteiger partial charge < -0.3 is 15.2 Å². The van der Waals surface area contributed by atoms with Gasteiger partial charge in [0.2, 0.25) is 0 Å². The highest BCUT2D eigenvalue weighted by Gasteiger charge is 2.29. The van der Waals surface area contributed by atoms with E-state index in [1.54, 1.807) is 6.07 Å². The molecular weight excluding hydrogens is 224 g/mol. The van der Waals surface area contributed by atoms with Crippen LogP contribution in [0.15, 0.2) is 18.3 Å². The predicted octanol–water partition coefficient (Wildman–Crippen LogP) is 1.14. The minimum Gasteiger partial charge on any atom is -0.480 e. The van der Waals surface area contributed by atoms with Crippen LogP contribution in [0, 0.1) is 0 Å². The fraction of sp³-hybridized carbons (Fsp3) is 0.364. The fourth-order valence-corrected chi connectivity index (χ4v) is 1.13. The molecule has 1 heterocycles. The van der Waals surface area contributed by atoms with Crippen molar-refractivity contribution in [2.45, 2.75) is 19.4 Å². The molecule has 0 saturated heterocycles. The monoisotopic (exact) mass is 238 g/mol. The number of carbonyl (C=O) groups is 2. The molecular formula is C11H14N2O4. The summed E-state index contributed by atoms with van der Waals surface area (Å²) in [6.45, 7) is 2.95. The molecule has 0 aliphatic carbocycles. The van der Waals surface area contributed by atoms with E-state index in [1.165, 1.54) is 33.2 Å². The third-order valence-corrected chi connectivity index (χ3v) is 2.18. The van der Waals surface area contributed by atoms with Crippen molar-refractivity contribution in [3.8, 4) is 0 Å². The molecule has 0 unspecified atom stereocenters. The zero-order valence-corrected chi connectivity index (χ0v) is 9.85. The molecule has 0 radical (unpaired) electrons. The lowest BCUT2D eigenvalue weighted by molar-refractivity contribution is -0.141. The Morgan fingerprint density at radius 3 is 2.65 bits per heavy atom. The number of nitrogens with one attached hydrogen (secondary N) is 1. The Balaban J connectivity index is 3.07. The zero-order valence-electron chi connectivity index (χ0n) is 9.85. The number of esters is 1. The number of nitrogens with zero attached hydrogens (tertiary/aromatic N) is 1. The lowest BCUT2D eigenvalue weighted by Crippen LogP contribution is -2.40. The number of methoxy groups -OCH3 is 1. The smallest absolute Gasteiger partial charge is 0.341 e. The van der Waals surface area contributed by atoms with Crippen LogP contribution in [-0.2, 0) is 9.53 Å². The summed E-state index contributed by atoms with van der Waals surface area (Å²) in [5.41, 5.74) is -1.03. The van der Waals surface area contributed by atoms with Crippen LogP contribution in [0.25, 0.3) is 0 Å². The van der Waals surface area contributed by atoms with Gasteiger partial charge >= 0.3 is 11.9 Å². The second kappa shape index (κ2) is 4.82. The van der Waals surface area contributed by atoms with Gasteiger partial charge in [-0.25, -0.2) is 14.6 Å². The van der Waals surface area contributed by atoms with Crippen molar-refractivity contribution in [3.05, 3.63) is 23.9 Å². The first-order valence-corrected chi connectivity index (χ1v) is 4.93. The summed E-state index contributed by atoms with van der Waals surface area (Å²) in [4.78, 5) is 26.3.